The van der Waals surface area contributed by atoms with Crippen molar-refractivity contribution in [2.24, 2.45) is 5.73 Å². The van der Waals surface area contributed by atoms with Gasteiger partial charge in [-0.05, 0) is 42.5 Å². The van der Waals surface area contributed by atoms with Crippen LogP contribution >= 0.6 is 23.8 Å². The number of aromatic nitrogens is 1. The van der Waals surface area contributed by atoms with Crippen molar-refractivity contribution < 1.29 is 0 Å². The second-order valence-electron chi connectivity index (χ2n) is 4.59. The van der Waals surface area contributed by atoms with Crippen LogP contribution in [0.2, 0.25) is 5.02 Å². The molecule has 3 N–H and O–H groups in total. The zero-order chi connectivity index (χ0) is 14.8. The van der Waals surface area contributed by atoms with Gasteiger partial charge in [-0.2, -0.15) is 0 Å². The summed E-state index contributed by atoms with van der Waals surface area (Å²) in [5.74, 6) is 0. The molecule has 21 heavy (non-hydrogen) atoms. The van der Waals surface area contributed by atoms with Gasteiger partial charge in [0.15, 0.2) is 0 Å². The summed E-state index contributed by atoms with van der Waals surface area (Å²) in [5, 5.41) is 4.93. The minimum absolute atomic E-state index is 0.334. The first-order chi connectivity index (χ1) is 10.1. The van der Waals surface area contributed by atoms with E-state index in [-0.39, 0.29) is 0 Å². The Kier molecular flexibility index (Phi) is 3.73. The van der Waals surface area contributed by atoms with E-state index >= 15 is 0 Å². The third kappa shape index (κ3) is 2.96. The molecular formula is C16H12ClN3S. The van der Waals surface area contributed by atoms with Crippen LogP contribution in [0.1, 0.15) is 5.56 Å². The van der Waals surface area contributed by atoms with Gasteiger partial charge in [0, 0.05) is 22.8 Å². The van der Waals surface area contributed by atoms with Crippen LogP contribution in [0.25, 0.3) is 10.9 Å². The lowest BCUT2D eigenvalue weighted by Gasteiger charge is -2.10. The molecule has 0 spiro atoms. The normalized spacial score (nSPS) is 10.5. The smallest absolute Gasteiger partial charge is 0.104 e. The molecule has 0 aliphatic carbocycles. The zero-order valence-electron chi connectivity index (χ0n) is 11.0. The van der Waals surface area contributed by atoms with Crippen molar-refractivity contribution in [2.45, 2.75) is 0 Å². The maximum absolute atomic E-state index is 6.25. The standard InChI is InChI=1S/C16H12ClN3S/c17-13-9-11(16(18)21)3-5-15(13)20-12-4-6-14-10(8-12)2-1-7-19-14/h1-9,20H,(H2,18,21). The van der Waals surface area contributed by atoms with Gasteiger partial charge < -0.3 is 11.1 Å². The number of nitrogens with one attached hydrogen (secondary N) is 1. The molecule has 0 aliphatic heterocycles. The van der Waals surface area contributed by atoms with Crippen molar-refractivity contribution in [3.63, 3.8) is 0 Å². The van der Waals surface area contributed by atoms with Gasteiger partial charge in [-0.15, -0.1) is 0 Å². The number of hydrogen-bond donors (Lipinski definition) is 2. The molecule has 0 saturated carbocycles. The molecule has 104 valence electrons. The zero-order valence-corrected chi connectivity index (χ0v) is 12.6. The Balaban J connectivity index is 1.93. The molecule has 0 amide bonds. The molecule has 2 aromatic carbocycles. The maximum atomic E-state index is 6.25. The average molecular weight is 314 g/mol. The molecule has 0 atom stereocenters. The molecule has 1 heterocycles. The van der Waals surface area contributed by atoms with E-state index < -0.39 is 0 Å². The Morgan fingerprint density at radius 2 is 2.00 bits per heavy atom. The fourth-order valence-electron chi connectivity index (χ4n) is 2.08. The van der Waals surface area contributed by atoms with Crippen molar-refractivity contribution >= 4 is 51.1 Å². The summed E-state index contributed by atoms with van der Waals surface area (Å²) in [6, 6.07) is 15.4. The average Bonchev–Trinajstić information content (AvgIpc) is 2.49. The van der Waals surface area contributed by atoms with E-state index in [1.54, 1.807) is 12.3 Å². The van der Waals surface area contributed by atoms with Crippen LogP contribution in [0, 0.1) is 0 Å². The highest BCUT2D eigenvalue weighted by Crippen LogP contribution is 2.27. The molecule has 1 aromatic heterocycles. The molecule has 0 bridgehead atoms. The van der Waals surface area contributed by atoms with Gasteiger partial charge in [0.05, 0.1) is 16.2 Å². The second-order valence-corrected chi connectivity index (χ2v) is 5.44. The Morgan fingerprint density at radius 1 is 1.14 bits per heavy atom. The molecule has 0 fully saturated rings. The summed E-state index contributed by atoms with van der Waals surface area (Å²) >= 11 is 11.2. The van der Waals surface area contributed by atoms with Gasteiger partial charge in [0.2, 0.25) is 0 Å². The summed E-state index contributed by atoms with van der Waals surface area (Å²) in [6.07, 6.45) is 1.78. The van der Waals surface area contributed by atoms with E-state index in [1.165, 1.54) is 0 Å². The Labute approximate surface area is 132 Å². The van der Waals surface area contributed by atoms with Gasteiger partial charge in [0.25, 0.3) is 0 Å². The summed E-state index contributed by atoms with van der Waals surface area (Å²) in [7, 11) is 0. The van der Waals surface area contributed by atoms with Crippen molar-refractivity contribution in [1.82, 2.24) is 4.98 Å². The Bertz CT molecular complexity index is 833. The first-order valence-electron chi connectivity index (χ1n) is 6.34. The minimum atomic E-state index is 0.334. The number of rotatable bonds is 3. The van der Waals surface area contributed by atoms with E-state index in [2.05, 4.69) is 10.3 Å². The molecule has 0 aliphatic rings. The predicted octanol–water partition coefficient (Wildman–Crippen LogP) is 4.27. The number of hydrogen-bond acceptors (Lipinski definition) is 3. The third-order valence-electron chi connectivity index (χ3n) is 3.14. The summed E-state index contributed by atoms with van der Waals surface area (Å²) in [4.78, 5) is 4.63. The number of thiocarbonyl (C=S) groups is 1. The molecule has 0 unspecified atom stereocenters. The number of halogens is 1. The van der Waals surface area contributed by atoms with Crippen molar-refractivity contribution in [3.05, 3.63) is 65.3 Å². The highest BCUT2D eigenvalue weighted by atomic mass is 35.5. The molecule has 5 heteroatoms. The lowest BCUT2D eigenvalue weighted by molar-refractivity contribution is 1.41. The minimum Gasteiger partial charge on any atom is -0.389 e. The van der Waals surface area contributed by atoms with Crippen LogP contribution in [-0.4, -0.2) is 9.97 Å². The van der Waals surface area contributed by atoms with Gasteiger partial charge in [-0.25, -0.2) is 0 Å². The lowest BCUT2D eigenvalue weighted by atomic mass is 10.1. The van der Waals surface area contributed by atoms with Crippen LogP contribution in [-0.2, 0) is 0 Å². The third-order valence-corrected chi connectivity index (χ3v) is 3.68. The van der Waals surface area contributed by atoms with E-state index in [9.17, 15) is 0 Å². The molecule has 3 nitrogen and oxygen atoms in total. The van der Waals surface area contributed by atoms with E-state index in [1.807, 2.05) is 42.5 Å². The number of nitrogens with two attached hydrogens (primary N) is 1. The van der Waals surface area contributed by atoms with Crippen molar-refractivity contribution in [3.8, 4) is 0 Å². The van der Waals surface area contributed by atoms with E-state index in [4.69, 9.17) is 29.6 Å². The highest BCUT2D eigenvalue weighted by molar-refractivity contribution is 7.80. The van der Waals surface area contributed by atoms with Crippen LogP contribution in [0.5, 0.6) is 0 Å². The number of nitrogens with zero attached hydrogens (tertiary/aromatic N) is 1. The number of pyridine rings is 1. The van der Waals surface area contributed by atoms with E-state index in [0.29, 0.717) is 10.0 Å². The quantitative estimate of drug-likeness (QED) is 0.709. The largest absolute Gasteiger partial charge is 0.389 e. The number of benzene rings is 2. The van der Waals surface area contributed by atoms with Crippen LogP contribution in [0.15, 0.2) is 54.7 Å². The molecule has 3 rings (SSSR count). The molecule has 0 radical (unpaired) electrons. The second kappa shape index (κ2) is 5.68. The Morgan fingerprint density at radius 3 is 2.76 bits per heavy atom. The summed E-state index contributed by atoms with van der Waals surface area (Å²) < 4.78 is 0. The fraction of sp³-hybridized carbons (Fsp3) is 0. The van der Waals surface area contributed by atoms with Gasteiger partial charge >= 0.3 is 0 Å². The topological polar surface area (TPSA) is 50.9 Å². The highest BCUT2D eigenvalue weighted by Gasteiger charge is 2.05. The molecular weight excluding hydrogens is 302 g/mol. The van der Waals surface area contributed by atoms with Crippen LogP contribution < -0.4 is 11.1 Å². The van der Waals surface area contributed by atoms with E-state index in [0.717, 1.165) is 27.8 Å². The maximum Gasteiger partial charge on any atom is 0.104 e. The summed E-state index contributed by atoms with van der Waals surface area (Å²) in [6.45, 7) is 0. The van der Waals surface area contributed by atoms with Gasteiger partial charge in [0.1, 0.15) is 4.99 Å². The van der Waals surface area contributed by atoms with Gasteiger partial charge in [-0.1, -0.05) is 29.9 Å². The number of fused-ring (bicyclic) bond motifs is 1. The first kappa shape index (κ1) is 13.8. The fourth-order valence-corrected chi connectivity index (χ4v) is 2.43. The van der Waals surface area contributed by atoms with Crippen molar-refractivity contribution in [2.75, 3.05) is 5.32 Å². The first-order valence-corrected chi connectivity index (χ1v) is 7.13. The molecule has 0 saturated heterocycles. The van der Waals surface area contributed by atoms with Gasteiger partial charge in [-0.3, -0.25) is 4.98 Å². The predicted molar refractivity (Wildman–Crippen MR) is 92.4 cm³/mol. The van der Waals surface area contributed by atoms with Crippen molar-refractivity contribution in [1.29, 1.82) is 0 Å². The Hall–Kier alpha value is -2.17. The monoisotopic (exact) mass is 313 g/mol. The number of anilines is 2. The van der Waals surface area contributed by atoms with Crippen LogP contribution in [0.3, 0.4) is 0 Å². The molecule has 3 aromatic rings. The SMILES string of the molecule is NC(=S)c1ccc(Nc2ccc3ncccc3c2)c(Cl)c1. The summed E-state index contributed by atoms with van der Waals surface area (Å²) in [5.41, 5.74) is 9.05. The van der Waals surface area contributed by atoms with Crippen LogP contribution in [0.4, 0.5) is 11.4 Å². The lowest BCUT2D eigenvalue weighted by Crippen LogP contribution is -2.09.